The van der Waals surface area contributed by atoms with E-state index in [-0.39, 0.29) is 24.8 Å². The summed E-state index contributed by atoms with van der Waals surface area (Å²) in [4.78, 5) is 26.6. The van der Waals surface area contributed by atoms with Crippen LogP contribution in [0.25, 0.3) is 0 Å². The van der Waals surface area contributed by atoms with Crippen LogP contribution in [-0.4, -0.2) is 47.4 Å². The molecule has 0 bridgehead atoms. The highest BCUT2D eigenvalue weighted by Crippen LogP contribution is 2.25. The number of aryl methyl sites for hydroxylation is 2. The highest BCUT2D eigenvalue weighted by molar-refractivity contribution is 5.91. The number of urea groups is 1. The minimum Gasteiger partial charge on any atom is -0.478 e. The molecule has 1 fully saturated rings. The number of anilines is 1. The summed E-state index contributed by atoms with van der Waals surface area (Å²) in [6.07, 6.45) is 3.65. The van der Waals surface area contributed by atoms with Gasteiger partial charge in [-0.2, -0.15) is 0 Å². The quantitative estimate of drug-likeness (QED) is 0.292. The molecule has 1 saturated carbocycles. The van der Waals surface area contributed by atoms with E-state index in [0.29, 0.717) is 30.8 Å². The van der Waals surface area contributed by atoms with E-state index in [4.69, 9.17) is 9.47 Å². The standard InChI is InChI=1S/C32H38N2O5/c1-23-9-6-11-25(19-23)21-34(32(37)33-27-13-4-3-5-14-27)17-18-38-28-15-8-16-29(20-28)39-22-26-12-7-10-24(2)30(26)31(35)36/h3-7,9-14,19,28-29H,8,15-18,20-22H2,1-2H3,(H,33,37)(H,35,36)/t28-,29?/m0/s1. The van der Waals surface area contributed by atoms with Crippen molar-refractivity contribution >= 4 is 17.7 Å². The zero-order valence-electron chi connectivity index (χ0n) is 22.8. The van der Waals surface area contributed by atoms with Crippen LogP contribution in [0.5, 0.6) is 0 Å². The number of carboxylic acids is 1. The lowest BCUT2D eigenvalue weighted by Crippen LogP contribution is -2.38. The lowest BCUT2D eigenvalue weighted by atomic mass is 9.94. The normalized spacial score (nSPS) is 17.0. The maximum absolute atomic E-state index is 13.2. The fourth-order valence-electron chi connectivity index (χ4n) is 5.10. The van der Waals surface area contributed by atoms with Crippen LogP contribution in [-0.2, 0) is 22.6 Å². The highest BCUT2D eigenvalue weighted by atomic mass is 16.5. The molecule has 0 saturated heterocycles. The Morgan fingerprint density at radius 2 is 1.69 bits per heavy atom. The third kappa shape index (κ3) is 8.40. The van der Waals surface area contributed by atoms with E-state index >= 15 is 0 Å². The number of aromatic carboxylic acids is 1. The molecule has 39 heavy (non-hydrogen) atoms. The van der Waals surface area contributed by atoms with Crippen molar-refractivity contribution in [3.05, 3.63) is 101 Å². The van der Waals surface area contributed by atoms with E-state index < -0.39 is 5.97 Å². The van der Waals surface area contributed by atoms with E-state index in [9.17, 15) is 14.7 Å². The molecule has 2 amide bonds. The summed E-state index contributed by atoms with van der Waals surface area (Å²) in [5, 5.41) is 12.6. The first-order chi connectivity index (χ1) is 18.9. The van der Waals surface area contributed by atoms with Gasteiger partial charge in [0, 0.05) is 18.8 Å². The van der Waals surface area contributed by atoms with Crippen LogP contribution in [0, 0.1) is 13.8 Å². The Labute approximate surface area is 230 Å². The Morgan fingerprint density at radius 1 is 0.949 bits per heavy atom. The van der Waals surface area contributed by atoms with Crippen molar-refractivity contribution in [3.63, 3.8) is 0 Å². The van der Waals surface area contributed by atoms with Gasteiger partial charge in [-0.25, -0.2) is 9.59 Å². The summed E-state index contributed by atoms with van der Waals surface area (Å²) in [6, 6.07) is 23.0. The molecular formula is C32H38N2O5. The summed E-state index contributed by atoms with van der Waals surface area (Å²) in [5.41, 5.74) is 4.73. The van der Waals surface area contributed by atoms with Crippen LogP contribution in [0.4, 0.5) is 10.5 Å². The molecule has 1 aliphatic rings. The number of rotatable bonds is 11. The smallest absolute Gasteiger partial charge is 0.336 e. The molecule has 3 aromatic carbocycles. The lowest BCUT2D eigenvalue weighted by molar-refractivity contribution is -0.0524. The number of carboxylic acid groups (broad SMARTS) is 1. The summed E-state index contributed by atoms with van der Waals surface area (Å²) in [6.45, 7) is 5.49. The van der Waals surface area contributed by atoms with Crippen LogP contribution in [0.2, 0.25) is 0 Å². The molecule has 3 aromatic rings. The van der Waals surface area contributed by atoms with Crippen molar-refractivity contribution in [1.29, 1.82) is 0 Å². The Morgan fingerprint density at radius 3 is 2.44 bits per heavy atom. The van der Waals surface area contributed by atoms with E-state index in [1.807, 2.05) is 67.6 Å². The van der Waals surface area contributed by atoms with Crippen molar-refractivity contribution < 1.29 is 24.2 Å². The number of ether oxygens (including phenoxy) is 2. The Hall–Kier alpha value is -3.68. The molecule has 0 spiro atoms. The maximum Gasteiger partial charge on any atom is 0.336 e. The van der Waals surface area contributed by atoms with Gasteiger partial charge < -0.3 is 24.8 Å². The molecule has 2 N–H and O–H groups in total. The van der Waals surface area contributed by atoms with Gasteiger partial charge in [-0.3, -0.25) is 0 Å². The van der Waals surface area contributed by atoms with Crippen molar-refractivity contribution in [2.45, 2.75) is 64.9 Å². The second-order valence-electron chi connectivity index (χ2n) is 10.2. The number of amides is 2. The van der Waals surface area contributed by atoms with Crippen LogP contribution in [0.3, 0.4) is 0 Å². The third-order valence-electron chi connectivity index (χ3n) is 7.11. The second-order valence-corrected chi connectivity index (χ2v) is 10.2. The largest absolute Gasteiger partial charge is 0.478 e. The third-order valence-corrected chi connectivity index (χ3v) is 7.11. The van der Waals surface area contributed by atoms with Gasteiger partial charge in [0.05, 0.1) is 31.0 Å². The zero-order valence-corrected chi connectivity index (χ0v) is 22.8. The fourth-order valence-corrected chi connectivity index (χ4v) is 5.10. The van der Waals surface area contributed by atoms with Crippen LogP contribution in [0.15, 0.2) is 72.8 Å². The van der Waals surface area contributed by atoms with Gasteiger partial charge >= 0.3 is 12.0 Å². The first kappa shape index (κ1) is 28.3. The molecule has 4 rings (SSSR count). The summed E-state index contributed by atoms with van der Waals surface area (Å²) >= 11 is 0. The Bertz CT molecular complexity index is 1250. The SMILES string of the molecule is Cc1cccc(CN(CCO[C@H]2CCCC(OCc3cccc(C)c3C(=O)O)C2)C(=O)Nc2ccccc2)c1. The van der Waals surface area contributed by atoms with Crippen molar-refractivity contribution in [1.82, 2.24) is 4.90 Å². The number of hydrogen-bond donors (Lipinski definition) is 2. The van der Waals surface area contributed by atoms with E-state index in [0.717, 1.165) is 48.1 Å². The van der Waals surface area contributed by atoms with Gasteiger partial charge in [-0.05, 0) is 68.4 Å². The Balaban J connectivity index is 1.31. The number of carbonyl (C=O) groups excluding carboxylic acids is 1. The molecule has 206 valence electrons. The molecule has 0 aromatic heterocycles. The molecule has 2 atom stereocenters. The zero-order chi connectivity index (χ0) is 27.6. The minimum absolute atomic E-state index is 0.00989. The second kappa shape index (κ2) is 13.9. The predicted molar refractivity (Wildman–Crippen MR) is 152 cm³/mol. The molecule has 7 nitrogen and oxygen atoms in total. The van der Waals surface area contributed by atoms with Gasteiger partial charge in [0.1, 0.15) is 0 Å². The summed E-state index contributed by atoms with van der Waals surface area (Å²) < 4.78 is 12.4. The first-order valence-electron chi connectivity index (χ1n) is 13.6. The molecule has 0 aliphatic heterocycles. The van der Waals surface area contributed by atoms with Gasteiger partial charge in [0.15, 0.2) is 0 Å². The maximum atomic E-state index is 13.2. The van der Waals surface area contributed by atoms with Gasteiger partial charge in [0.2, 0.25) is 0 Å². The molecule has 0 heterocycles. The molecule has 0 radical (unpaired) electrons. The number of carbonyl (C=O) groups is 2. The molecule has 7 heteroatoms. The Kier molecular flexibility index (Phi) is 10.1. The van der Waals surface area contributed by atoms with Crippen LogP contribution >= 0.6 is 0 Å². The summed E-state index contributed by atoms with van der Waals surface area (Å²) in [7, 11) is 0. The van der Waals surface area contributed by atoms with Crippen LogP contribution < -0.4 is 5.32 Å². The van der Waals surface area contributed by atoms with Crippen molar-refractivity contribution in [2.75, 3.05) is 18.5 Å². The molecular weight excluding hydrogens is 492 g/mol. The summed E-state index contributed by atoms with van der Waals surface area (Å²) in [5.74, 6) is -0.928. The van der Waals surface area contributed by atoms with Gasteiger partial charge in [-0.15, -0.1) is 0 Å². The van der Waals surface area contributed by atoms with Crippen LogP contribution in [0.1, 0.15) is 58.3 Å². The topological polar surface area (TPSA) is 88.1 Å². The number of nitrogens with zero attached hydrogens (tertiary/aromatic N) is 1. The van der Waals surface area contributed by atoms with Gasteiger partial charge in [0.25, 0.3) is 0 Å². The highest BCUT2D eigenvalue weighted by Gasteiger charge is 2.25. The number of hydrogen-bond acceptors (Lipinski definition) is 4. The van der Waals surface area contributed by atoms with E-state index in [1.54, 1.807) is 17.9 Å². The number of para-hydroxylation sites is 1. The number of benzene rings is 3. The number of nitrogens with one attached hydrogen (secondary N) is 1. The lowest BCUT2D eigenvalue weighted by Gasteiger charge is -2.30. The molecule has 1 aliphatic carbocycles. The fraction of sp³-hybridized carbons (Fsp3) is 0.375. The van der Waals surface area contributed by atoms with Crippen molar-refractivity contribution in [2.24, 2.45) is 0 Å². The monoisotopic (exact) mass is 530 g/mol. The average Bonchev–Trinajstić information content (AvgIpc) is 2.92. The van der Waals surface area contributed by atoms with E-state index in [1.165, 1.54) is 0 Å². The predicted octanol–water partition coefficient (Wildman–Crippen LogP) is 6.58. The molecule has 1 unspecified atom stereocenters. The first-order valence-corrected chi connectivity index (χ1v) is 13.6. The minimum atomic E-state index is -0.928. The van der Waals surface area contributed by atoms with Crippen molar-refractivity contribution in [3.8, 4) is 0 Å². The average molecular weight is 531 g/mol. The van der Waals surface area contributed by atoms with E-state index in [2.05, 4.69) is 11.4 Å². The van der Waals surface area contributed by atoms with Gasteiger partial charge in [-0.1, -0.05) is 66.2 Å².